The molecule has 34 heavy (non-hydrogen) atoms. The van der Waals surface area contributed by atoms with E-state index in [0.717, 1.165) is 52.9 Å². The number of para-hydroxylation sites is 2. The number of nitrogens with zero attached hydrogens (tertiary/aromatic N) is 2. The van der Waals surface area contributed by atoms with Crippen LogP contribution in [-0.4, -0.2) is 28.6 Å². The summed E-state index contributed by atoms with van der Waals surface area (Å²) in [7, 11) is 0. The highest BCUT2D eigenvalue weighted by atomic mass is 79.9. The first-order valence-corrected chi connectivity index (χ1v) is 12.5. The maximum absolute atomic E-state index is 12.4. The predicted molar refractivity (Wildman–Crippen MR) is 141 cm³/mol. The summed E-state index contributed by atoms with van der Waals surface area (Å²) in [6, 6.07) is 21.9. The molecule has 1 aromatic heterocycles. The monoisotopic (exact) mass is 519 g/mol. The molecule has 0 fully saturated rings. The Morgan fingerprint density at radius 3 is 2.71 bits per heavy atom. The van der Waals surface area contributed by atoms with Gasteiger partial charge in [0.05, 0.1) is 17.6 Å². The molecule has 1 amide bonds. The Labute approximate surface area is 209 Å². The normalized spacial score (nSPS) is 11.0. The topological polar surface area (TPSA) is 56.1 Å². The van der Waals surface area contributed by atoms with Gasteiger partial charge in [0.15, 0.2) is 0 Å². The fraction of sp³-hybridized carbons (Fsp3) is 0.286. The van der Waals surface area contributed by atoms with Crippen molar-refractivity contribution in [2.24, 2.45) is 0 Å². The molecule has 1 N–H and O–H groups in total. The number of carbonyl (C=O) groups is 1. The zero-order chi connectivity index (χ0) is 23.9. The molecule has 6 heteroatoms. The Bertz CT molecular complexity index is 1280. The fourth-order valence-electron chi connectivity index (χ4n) is 4.11. The Morgan fingerprint density at radius 2 is 1.88 bits per heavy atom. The number of aryl methyl sites for hydroxylation is 4. The van der Waals surface area contributed by atoms with Crippen molar-refractivity contribution in [1.29, 1.82) is 0 Å². The quantitative estimate of drug-likeness (QED) is 0.252. The van der Waals surface area contributed by atoms with Gasteiger partial charge in [-0.15, -0.1) is 0 Å². The van der Waals surface area contributed by atoms with Gasteiger partial charge in [0.1, 0.15) is 11.6 Å². The average Bonchev–Trinajstić information content (AvgIpc) is 3.18. The van der Waals surface area contributed by atoms with E-state index in [1.165, 1.54) is 11.1 Å². The molecule has 0 aliphatic carbocycles. The lowest BCUT2D eigenvalue weighted by Crippen LogP contribution is -2.25. The largest absolute Gasteiger partial charge is 0.493 e. The lowest BCUT2D eigenvalue weighted by Gasteiger charge is -2.12. The highest BCUT2D eigenvalue weighted by Crippen LogP contribution is 2.20. The van der Waals surface area contributed by atoms with E-state index in [9.17, 15) is 4.79 Å². The number of hydrogen-bond acceptors (Lipinski definition) is 3. The van der Waals surface area contributed by atoms with Crippen LogP contribution in [-0.2, 0) is 13.0 Å². The molecule has 3 aromatic carbocycles. The molecule has 0 aliphatic heterocycles. The summed E-state index contributed by atoms with van der Waals surface area (Å²) in [5.74, 6) is 1.94. The molecule has 0 bridgehead atoms. The van der Waals surface area contributed by atoms with E-state index in [4.69, 9.17) is 9.72 Å². The van der Waals surface area contributed by atoms with Crippen molar-refractivity contribution in [3.05, 3.63) is 93.7 Å². The van der Waals surface area contributed by atoms with Crippen LogP contribution in [0.1, 0.15) is 40.2 Å². The Morgan fingerprint density at radius 1 is 1.03 bits per heavy atom. The van der Waals surface area contributed by atoms with Crippen LogP contribution in [0.4, 0.5) is 0 Å². The summed E-state index contributed by atoms with van der Waals surface area (Å²) in [5.41, 5.74) is 5.21. The predicted octanol–water partition coefficient (Wildman–Crippen LogP) is 6.25. The van der Waals surface area contributed by atoms with E-state index in [-0.39, 0.29) is 5.91 Å². The minimum Gasteiger partial charge on any atom is -0.493 e. The SMILES string of the molecule is Cc1ccc(OCCCn2c(CCCNC(=O)c3cccc(Br)c3)nc3ccccc32)c(C)c1. The average molecular weight is 520 g/mol. The first-order chi connectivity index (χ1) is 16.5. The second-order valence-corrected chi connectivity index (χ2v) is 9.42. The molecule has 5 nitrogen and oxygen atoms in total. The summed E-state index contributed by atoms with van der Waals surface area (Å²) in [6.45, 7) is 6.27. The Kier molecular flexibility index (Phi) is 8.01. The lowest BCUT2D eigenvalue weighted by molar-refractivity contribution is 0.0953. The summed E-state index contributed by atoms with van der Waals surface area (Å²) >= 11 is 3.41. The van der Waals surface area contributed by atoms with Crippen LogP contribution in [0.25, 0.3) is 11.0 Å². The highest BCUT2D eigenvalue weighted by Gasteiger charge is 2.11. The van der Waals surface area contributed by atoms with E-state index in [1.54, 1.807) is 0 Å². The molecule has 0 saturated heterocycles. The van der Waals surface area contributed by atoms with E-state index < -0.39 is 0 Å². The number of carbonyl (C=O) groups excluding carboxylic acids is 1. The van der Waals surface area contributed by atoms with Gasteiger partial charge in [-0.1, -0.05) is 51.8 Å². The number of hydrogen-bond donors (Lipinski definition) is 1. The Hall–Kier alpha value is -3.12. The highest BCUT2D eigenvalue weighted by molar-refractivity contribution is 9.10. The number of imidazole rings is 1. The van der Waals surface area contributed by atoms with Crippen LogP contribution in [0.2, 0.25) is 0 Å². The minimum atomic E-state index is -0.0571. The van der Waals surface area contributed by atoms with Crippen molar-refractivity contribution in [1.82, 2.24) is 14.9 Å². The van der Waals surface area contributed by atoms with Crippen molar-refractivity contribution in [2.45, 2.75) is 39.7 Å². The van der Waals surface area contributed by atoms with Crippen LogP contribution in [0.3, 0.4) is 0 Å². The van der Waals surface area contributed by atoms with Gasteiger partial charge in [-0.3, -0.25) is 4.79 Å². The van der Waals surface area contributed by atoms with Gasteiger partial charge in [0.2, 0.25) is 0 Å². The maximum Gasteiger partial charge on any atom is 0.251 e. The molecule has 0 spiro atoms. The van der Waals surface area contributed by atoms with Crippen LogP contribution in [0.15, 0.2) is 71.2 Å². The zero-order valence-electron chi connectivity index (χ0n) is 19.7. The molecular weight excluding hydrogens is 490 g/mol. The number of rotatable bonds is 10. The van der Waals surface area contributed by atoms with Crippen molar-refractivity contribution < 1.29 is 9.53 Å². The molecule has 0 radical (unpaired) electrons. The Balaban J connectivity index is 1.33. The molecule has 0 saturated carbocycles. The number of benzene rings is 3. The van der Waals surface area contributed by atoms with Gasteiger partial charge >= 0.3 is 0 Å². The van der Waals surface area contributed by atoms with Gasteiger partial charge < -0.3 is 14.6 Å². The number of fused-ring (bicyclic) bond motifs is 1. The second kappa shape index (κ2) is 11.3. The molecule has 176 valence electrons. The van der Waals surface area contributed by atoms with Crippen LogP contribution in [0.5, 0.6) is 5.75 Å². The van der Waals surface area contributed by atoms with E-state index in [2.05, 4.69) is 70.0 Å². The molecule has 4 rings (SSSR count). The summed E-state index contributed by atoms with van der Waals surface area (Å²) in [5, 5.41) is 3.01. The second-order valence-electron chi connectivity index (χ2n) is 8.51. The summed E-state index contributed by atoms with van der Waals surface area (Å²) in [4.78, 5) is 17.2. The number of aromatic nitrogens is 2. The third-order valence-corrected chi connectivity index (χ3v) is 6.29. The number of ether oxygens (including phenoxy) is 1. The minimum absolute atomic E-state index is 0.0571. The molecule has 4 aromatic rings. The van der Waals surface area contributed by atoms with E-state index in [1.807, 2.05) is 36.4 Å². The van der Waals surface area contributed by atoms with E-state index >= 15 is 0 Å². The van der Waals surface area contributed by atoms with Crippen LogP contribution >= 0.6 is 15.9 Å². The number of nitrogens with one attached hydrogen (secondary N) is 1. The van der Waals surface area contributed by atoms with Gasteiger partial charge in [-0.2, -0.15) is 0 Å². The first kappa shape index (κ1) is 24.0. The van der Waals surface area contributed by atoms with Gasteiger partial charge in [-0.25, -0.2) is 4.98 Å². The molecular formula is C28H30BrN3O2. The third kappa shape index (κ3) is 6.06. The van der Waals surface area contributed by atoms with Crippen LogP contribution < -0.4 is 10.1 Å². The first-order valence-electron chi connectivity index (χ1n) is 11.7. The van der Waals surface area contributed by atoms with Crippen molar-refractivity contribution in [2.75, 3.05) is 13.2 Å². The standard InChI is InChI=1S/C28H30BrN3O2/c1-20-13-14-26(21(2)18-20)34-17-7-16-32-25-11-4-3-10-24(25)31-27(32)12-6-15-30-28(33)22-8-5-9-23(29)19-22/h3-5,8-11,13-14,18-19H,6-7,12,15-17H2,1-2H3,(H,30,33). The molecule has 0 atom stereocenters. The lowest BCUT2D eigenvalue weighted by atomic mass is 10.1. The van der Waals surface area contributed by atoms with Crippen LogP contribution in [0, 0.1) is 13.8 Å². The molecule has 0 aliphatic rings. The smallest absolute Gasteiger partial charge is 0.251 e. The third-order valence-electron chi connectivity index (χ3n) is 5.80. The van der Waals surface area contributed by atoms with Gasteiger partial charge in [0, 0.05) is 29.5 Å². The summed E-state index contributed by atoms with van der Waals surface area (Å²) < 4.78 is 9.22. The van der Waals surface area contributed by atoms with Crippen molar-refractivity contribution in [3.8, 4) is 5.75 Å². The summed E-state index contributed by atoms with van der Waals surface area (Å²) in [6.07, 6.45) is 2.51. The van der Waals surface area contributed by atoms with Crippen molar-refractivity contribution >= 4 is 32.9 Å². The zero-order valence-corrected chi connectivity index (χ0v) is 21.3. The number of halogens is 1. The number of amides is 1. The van der Waals surface area contributed by atoms with Gasteiger partial charge in [0.25, 0.3) is 5.91 Å². The maximum atomic E-state index is 12.4. The van der Waals surface area contributed by atoms with Crippen molar-refractivity contribution in [3.63, 3.8) is 0 Å². The van der Waals surface area contributed by atoms with E-state index in [0.29, 0.717) is 18.7 Å². The fourth-order valence-corrected chi connectivity index (χ4v) is 4.51. The van der Waals surface area contributed by atoms with Gasteiger partial charge in [-0.05, 0) is 68.7 Å². The molecule has 1 heterocycles. The molecule has 0 unspecified atom stereocenters.